The predicted molar refractivity (Wildman–Crippen MR) is 50.1 cm³/mol. The lowest BCUT2D eigenvalue weighted by molar-refractivity contribution is 0.333. The molecule has 0 amide bonds. The van der Waals surface area contributed by atoms with Crippen molar-refractivity contribution >= 4 is 29.7 Å². The molecule has 1 aliphatic carbocycles. The topological polar surface area (TPSA) is 40.5 Å². The minimum absolute atomic E-state index is 0.813. The van der Waals surface area contributed by atoms with Crippen LogP contribution in [-0.4, -0.2) is 23.3 Å². The highest BCUT2D eigenvalue weighted by Crippen LogP contribution is 2.28. The molecule has 0 aromatic rings. The van der Waals surface area contributed by atoms with Crippen molar-refractivity contribution in [2.75, 3.05) is 0 Å². The summed E-state index contributed by atoms with van der Waals surface area (Å²) in [5.41, 5.74) is 0. The summed E-state index contributed by atoms with van der Waals surface area (Å²) in [6.45, 7) is 0. The third-order valence-electron chi connectivity index (χ3n) is 1.50. The van der Waals surface area contributed by atoms with Gasteiger partial charge in [-0.3, -0.25) is 0 Å². The van der Waals surface area contributed by atoms with E-state index in [-0.39, 0.29) is 0 Å². The van der Waals surface area contributed by atoms with Crippen LogP contribution in [0.4, 0.5) is 4.39 Å². The molecule has 2 N–H and O–H groups in total. The summed E-state index contributed by atoms with van der Waals surface area (Å²) in [6.07, 6.45) is 3.17. The summed E-state index contributed by atoms with van der Waals surface area (Å²) in [4.78, 5) is 0. The normalized spacial score (nSPS) is 30.0. The van der Waals surface area contributed by atoms with E-state index < -0.39 is 19.1 Å². The van der Waals surface area contributed by atoms with Crippen LogP contribution in [0.5, 0.6) is 0 Å². The van der Waals surface area contributed by atoms with Crippen molar-refractivity contribution in [1.82, 2.24) is 0 Å². The molecule has 2 nitrogen and oxygen atoms in total. The monoisotopic (exact) mass is 268 g/mol. The van der Waals surface area contributed by atoms with Gasteiger partial charge in [0.25, 0.3) is 0 Å². The van der Waals surface area contributed by atoms with Gasteiger partial charge >= 0.3 is 7.12 Å². The second-order valence-electron chi connectivity index (χ2n) is 2.35. The Balaban J connectivity index is 2.73. The van der Waals surface area contributed by atoms with Crippen LogP contribution in [0.1, 0.15) is 0 Å². The molecule has 0 aliphatic heterocycles. The molecule has 0 spiro atoms. The molecule has 0 fully saturated rings. The first kappa shape index (κ1) is 9.21. The van der Waals surface area contributed by atoms with E-state index in [1.54, 1.807) is 6.08 Å². The third kappa shape index (κ3) is 2.28. The van der Waals surface area contributed by atoms with Crippen molar-refractivity contribution in [2.24, 2.45) is 0 Å². The average molecular weight is 268 g/mol. The number of halogens is 2. The zero-order valence-electron chi connectivity index (χ0n) is 5.61. The lowest BCUT2D eigenvalue weighted by Crippen LogP contribution is -2.26. The van der Waals surface area contributed by atoms with Gasteiger partial charge in [0.15, 0.2) is 0 Å². The van der Waals surface area contributed by atoms with E-state index in [4.69, 9.17) is 10.0 Å². The van der Waals surface area contributed by atoms with Gasteiger partial charge in [0.1, 0.15) is 6.17 Å². The fourth-order valence-electron chi connectivity index (χ4n) is 0.894. The van der Waals surface area contributed by atoms with Crippen LogP contribution in [-0.2, 0) is 0 Å². The molecule has 0 bridgehead atoms. The SMILES string of the molecule is OB(O)C1C=C(I)C=CC1F. The standard InChI is InChI=1S/C6H7BFIO2/c8-6-2-1-4(9)3-5(6)7(10)11/h1-3,5-6,10-11H. The highest BCUT2D eigenvalue weighted by molar-refractivity contribution is 14.1. The molecule has 1 aliphatic rings. The molecule has 0 saturated heterocycles. The van der Waals surface area contributed by atoms with Crippen LogP contribution < -0.4 is 0 Å². The summed E-state index contributed by atoms with van der Waals surface area (Å²) in [5.74, 6) is -0.813. The van der Waals surface area contributed by atoms with Gasteiger partial charge in [-0.05, 0) is 28.7 Å². The lowest BCUT2D eigenvalue weighted by atomic mass is 9.68. The highest BCUT2D eigenvalue weighted by Gasteiger charge is 2.30. The Hall–Kier alpha value is 0.125. The second kappa shape index (κ2) is 3.69. The first-order valence-electron chi connectivity index (χ1n) is 3.17. The minimum atomic E-state index is -1.61. The molecule has 11 heavy (non-hydrogen) atoms. The molecule has 60 valence electrons. The molecular weight excluding hydrogens is 261 g/mol. The molecule has 2 atom stereocenters. The average Bonchev–Trinajstić information content (AvgIpc) is 1.94. The number of hydrogen-bond acceptors (Lipinski definition) is 2. The minimum Gasteiger partial charge on any atom is -0.427 e. The van der Waals surface area contributed by atoms with E-state index in [1.165, 1.54) is 12.2 Å². The maximum Gasteiger partial charge on any atom is 0.462 e. The van der Waals surface area contributed by atoms with Crippen LogP contribution in [0.3, 0.4) is 0 Å². The van der Waals surface area contributed by atoms with Gasteiger partial charge in [0, 0.05) is 9.40 Å². The van der Waals surface area contributed by atoms with Gasteiger partial charge in [-0.2, -0.15) is 0 Å². The first-order chi connectivity index (χ1) is 5.11. The van der Waals surface area contributed by atoms with Crippen LogP contribution >= 0.6 is 22.6 Å². The second-order valence-corrected chi connectivity index (χ2v) is 3.59. The Morgan fingerprint density at radius 3 is 2.64 bits per heavy atom. The van der Waals surface area contributed by atoms with E-state index in [2.05, 4.69) is 0 Å². The van der Waals surface area contributed by atoms with E-state index >= 15 is 0 Å². The Bertz CT molecular complexity index is 205. The van der Waals surface area contributed by atoms with Crippen LogP contribution in [0, 0.1) is 0 Å². The van der Waals surface area contributed by atoms with Crippen molar-refractivity contribution in [1.29, 1.82) is 0 Å². The van der Waals surface area contributed by atoms with Crippen LogP contribution in [0.15, 0.2) is 21.8 Å². The highest BCUT2D eigenvalue weighted by atomic mass is 127. The van der Waals surface area contributed by atoms with Crippen LogP contribution in [0.25, 0.3) is 0 Å². The van der Waals surface area contributed by atoms with E-state index in [9.17, 15) is 4.39 Å². The zero-order chi connectivity index (χ0) is 8.43. The Kier molecular flexibility index (Phi) is 3.09. The van der Waals surface area contributed by atoms with Gasteiger partial charge in [0.2, 0.25) is 0 Å². The molecule has 2 unspecified atom stereocenters. The van der Waals surface area contributed by atoms with Crippen molar-refractivity contribution in [2.45, 2.75) is 12.0 Å². The van der Waals surface area contributed by atoms with E-state index in [0.29, 0.717) is 0 Å². The van der Waals surface area contributed by atoms with Crippen molar-refractivity contribution < 1.29 is 14.4 Å². The first-order valence-corrected chi connectivity index (χ1v) is 4.25. The fourth-order valence-corrected chi connectivity index (χ4v) is 1.52. The number of rotatable bonds is 1. The number of alkyl halides is 1. The molecule has 0 heterocycles. The Morgan fingerprint density at radius 1 is 1.55 bits per heavy atom. The Labute approximate surface area is 78.1 Å². The van der Waals surface area contributed by atoms with Crippen LogP contribution in [0.2, 0.25) is 5.82 Å². The largest absolute Gasteiger partial charge is 0.462 e. The maximum atomic E-state index is 12.8. The maximum absolute atomic E-state index is 12.8. The lowest BCUT2D eigenvalue weighted by Gasteiger charge is -2.17. The molecule has 0 radical (unpaired) electrons. The van der Waals surface area contributed by atoms with Gasteiger partial charge in [0.05, 0.1) is 0 Å². The summed E-state index contributed by atoms with van der Waals surface area (Å²) < 4.78 is 13.6. The molecule has 0 saturated carbocycles. The molecular formula is C6H7BFIO2. The quantitative estimate of drug-likeness (QED) is 0.551. The molecule has 1 rings (SSSR count). The summed E-state index contributed by atoms with van der Waals surface area (Å²) in [6, 6.07) is 0. The predicted octanol–water partition coefficient (Wildman–Crippen LogP) is 1.06. The molecule has 0 aromatic carbocycles. The van der Waals surface area contributed by atoms with Crippen molar-refractivity contribution in [3.8, 4) is 0 Å². The van der Waals surface area contributed by atoms with E-state index in [1.807, 2.05) is 22.6 Å². The van der Waals surface area contributed by atoms with Gasteiger partial charge in [-0.15, -0.1) is 0 Å². The smallest absolute Gasteiger partial charge is 0.427 e. The molecule has 5 heteroatoms. The number of hydrogen-bond donors (Lipinski definition) is 2. The van der Waals surface area contributed by atoms with Gasteiger partial charge < -0.3 is 10.0 Å². The number of allylic oxidation sites excluding steroid dienone is 4. The van der Waals surface area contributed by atoms with Crippen molar-refractivity contribution in [3.05, 3.63) is 21.8 Å². The van der Waals surface area contributed by atoms with E-state index in [0.717, 1.165) is 3.58 Å². The zero-order valence-corrected chi connectivity index (χ0v) is 7.77. The molecule has 0 aromatic heterocycles. The van der Waals surface area contributed by atoms with Gasteiger partial charge in [-0.25, -0.2) is 4.39 Å². The Morgan fingerprint density at radius 2 is 2.18 bits per heavy atom. The van der Waals surface area contributed by atoms with Gasteiger partial charge in [-0.1, -0.05) is 12.2 Å². The summed E-state index contributed by atoms with van der Waals surface area (Å²) in [7, 11) is -1.61. The van der Waals surface area contributed by atoms with Crippen molar-refractivity contribution in [3.63, 3.8) is 0 Å². The fraction of sp³-hybridized carbons (Fsp3) is 0.333. The summed E-state index contributed by atoms with van der Waals surface area (Å²) >= 11 is 2.00. The third-order valence-corrected chi connectivity index (χ3v) is 2.22. The summed E-state index contributed by atoms with van der Waals surface area (Å²) in [5, 5.41) is 17.4.